The largest absolute Gasteiger partial charge is 0.398 e. The van der Waals surface area contributed by atoms with Crippen molar-refractivity contribution in [3.63, 3.8) is 0 Å². The summed E-state index contributed by atoms with van der Waals surface area (Å²) in [5, 5.41) is 0. The van der Waals surface area contributed by atoms with Crippen LogP contribution in [-0.2, 0) is 12.8 Å². The van der Waals surface area contributed by atoms with Crippen molar-refractivity contribution < 1.29 is 0 Å². The van der Waals surface area contributed by atoms with Crippen LogP contribution in [-0.4, -0.2) is 0 Å². The second-order valence-corrected chi connectivity index (χ2v) is 5.99. The summed E-state index contributed by atoms with van der Waals surface area (Å²) in [6.07, 6.45) is 4.54. The van der Waals surface area contributed by atoms with Gasteiger partial charge in [-0.05, 0) is 55.0 Å². The Bertz CT molecular complexity index is 602. The summed E-state index contributed by atoms with van der Waals surface area (Å²) in [5.41, 5.74) is 15.3. The third-order valence-corrected chi connectivity index (χ3v) is 4.08. The van der Waals surface area contributed by atoms with Gasteiger partial charge in [-0.1, -0.05) is 56.5 Å². The average molecular weight is 281 g/mol. The predicted octanol–water partition coefficient (Wildman–Crippen LogP) is 5.46. The number of nitrogen functional groups attached to an aromatic ring is 1. The molecular weight excluding hydrogens is 254 g/mol. The molecule has 0 bridgehead atoms. The van der Waals surface area contributed by atoms with Crippen LogP contribution in [0.1, 0.15) is 48.9 Å². The zero-order valence-corrected chi connectivity index (χ0v) is 13.8. The van der Waals surface area contributed by atoms with Crippen LogP contribution in [0.5, 0.6) is 0 Å². The molecule has 2 aromatic rings. The zero-order valence-electron chi connectivity index (χ0n) is 13.8. The lowest BCUT2D eigenvalue weighted by atomic mass is 9.88. The zero-order chi connectivity index (χ0) is 15.4. The molecule has 0 radical (unpaired) electrons. The molecule has 2 rings (SSSR count). The topological polar surface area (TPSA) is 26.0 Å². The first-order valence-corrected chi connectivity index (χ1v) is 8.06. The molecule has 0 aliphatic heterocycles. The molecule has 2 N–H and O–H groups in total. The average Bonchev–Trinajstić information content (AvgIpc) is 2.44. The van der Waals surface area contributed by atoms with Crippen molar-refractivity contribution in [3.05, 3.63) is 52.6 Å². The number of hydrogen-bond donors (Lipinski definition) is 1. The molecule has 0 amide bonds. The van der Waals surface area contributed by atoms with Crippen LogP contribution in [0.3, 0.4) is 0 Å². The van der Waals surface area contributed by atoms with Gasteiger partial charge >= 0.3 is 0 Å². The quantitative estimate of drug-likeness (QED) is 0.724. The number of aryl methyl sites for hydroxylation is 4. The molecule has 0 aromatic heterocycles. The molecule has 0 saturated heterocycles. The Balaban J connectivity index is 2.71. The Hall–Kier alpha value is -1.76. The lowest BCUT2D eigenvalue weighted by Crippen LogP contribution is -2.01. The Morgan fingerprint density at radius 2 is 1.48 bits per heavy atom. The van der Waals surface area contributed by atoms with E-state index in [0.29, 0.717) is 0 Å². The Morgan fingerprint density at radius 3 is 2.00 bits per heavy atom. The minimum absolute atomic E-state index is 0.932. The fraction of sp³-hybridized carbons (Fsp3) is 0.400. The van der Waals surface area contributed by atoms with Crippen LogP contribution in [0, 0.1) is 13.8 Å². The van der Waals surface area contributed by atoms with E-state index in [1.165, 1.54) is 33.4 Å². The van der Waals surface area contributed by atoms with Gasteiger partial charge in [-0.2, -0.15) is 0 Å². The second kappa shape index (κ2) is 6.80. The molecule has 0 fully saturated rings. The van der Waals surface area contributed by atoms with Gasteiger partial charge < -0.3 is 5.73 Å². The molecule has 0 spiro atoms. The summed E-state index contributed by atoms with van der Waals surface area (Å²) in [4.78, 5) is 0. The molecule has 1 heteroatoms. The summed E-state index contributed by atoms with van der Waals surface area (Å²) in [7, 11) is 0. The predicted molar refractivity (Wildman–Crippen MR) is 93.8 cm³/mol. The number of benzene rings is 2. The van der Waals surface area contributed by atoms with Gasteiger partial charge in [-0.15, -0.1) is 0 Å². The van der Waals surface area contributed by atoms with Gasteiger partial charge in [0.2, 0.25) is 0 Å². The highest BCUT2D eigenvalue weighted by molar-refractivity contribution is 5.83. The van der Waals surface area contributed by atoms with Crippen LogP contribution < -0.4 is 5.73 Å². The first kappa shape index (κ1) is 15.6. The van der Waals surface area contributed by atoms with Gasteiger partial charge in [0, 0.05) is 11.3 Å². The van der Waals surface area contributed by atoms with Gasteiger partial charge in [-0.25, -0.2) is 0 Å². The smallest absolute Gasteiger partial charge is 0.0423 e. The summed E-state index contributed by atoms with van der Waals surface area (Å²) in [6, 6.07) is 11.1. The van der Waals surface area contributed by atoms with E-state index in [-0.39, 0.29) is 0 Å². The van der Waals surface area contributed by atoms with Crippen LogP contribution >= 0.6 is 0 Å². The lowest BCUT2D eigenvalue weighted by molar-refractivity contribution is 0.898. The molecule has 0 aliphatic rings. The molecule has 0 heterocycles. The molecule has 0 saturated carbocycles. The fourth-order valence-corrected chi connectivity index (χ4v) is 3.14. The van der Waals surface area contributed by atoms with E-state index in [4.69, 9.17) is 5.73 Å². The van der Waals surface area contributed by atoms with Gasteiger partial charge in [0.25, 0.3) is 0 Å². The first-order valence-electron chi connectivity index (χ1n) is 8.06. The molecule has 2 aromatic carbocycles. The van der Waals surface area contributed by atoms with E-state index < -0.39 is 0 Å². The molecule has 0 aliphatic carbocycles. The van der Waals surface area contributed by atoms with Crippen molar-refractivity contribution in [1.82, 2.24) is 0 Å². The fourth-order valence-electron chi connectivity index (χ4n) is 3.14. The molecule has 0 unspecified atom stereocenters. The van der Waals surface area contributed by atoms with Gasteiger partial charge in [0.15, 0.2) is 0 Å². The van der Waals surface area contributed by atoms with Crippen molar-refractivity contribution in [3.8, 4) is 11.1 Å². The summed E-state index contributed by atoms with van der Waals surface area (Å²) in [5.74, 6) is 0. The first-order chi connectivity index (χ1) is 10.1. The molecule has 21 heavy (non-hydrogen) atoms. The normalized spacial score (nSPS) is 10.9. The standard InChI is InChI=1S/C20H27N/c1-5-8-16-10-7-11-17(9-6-2)19(16)18-13-14(3)12-15(4)20(18)21/h7,10-13H,5-6,8-9,21H2,1-4H3. The van der Waals surface area contributed by atoms with Gasteiger partial charge in [0.1, 0.15) is 0 Å². The van der Waals surface area contributed by atoms with Crippen molar-refractivity contribution in [2.24, 2.45) is 0 Å². The monoisotopic (exact) mass is 281 g/mol. The lowest BCUT2D eigenvalue weighted by Gasteiger charge is -2.18. The second-order valence-electron chi connectivity index (χ2n) is 5.99. The third kappa shape index (κ3) is 3.29. The SMILES string of the molecule is CCCc1cccc(CCC)c1-c1cc(C)cc(C)c1N. The summed E-state index contributed by atoms with van der Waals surface area (Å²) < 4.78 is 0. The van der Waals surface area contributed by atoms with Crippen LogP contribution in [0.4, 0.5) is 5.69 Å². The number of nitrogens with two attached hydrogens (primary N) is 1. The van der Waals surface area contributed by atoms with E-state index in [0.717, 1.165) is 31.4 Å². The van der Waals surface area contributed by atoms with Crippen LogP contribution in [0.25, 0.3) is 11.1 Å². The maximum absolute atomic E-state index is 6.41. The third-order valence-electron chi connectivity index (χ3n) is 4.08. The van der Waals surface area contributed by atoms with Crippen LogP contribution in [0.15, 0.2) is 30.3 Å². The maximum Gasteiger partial charge on any atom is 0.0423 e. The Kier molecular flexibility index (Phi) is 5.06. The van der Waals surface area contributed by atoms with Gasteiger partial charge in [0.05, 0.1) is 0 Å². The number of anilines is 1. The van der Waals surface area contributed by atoms with Crippen molar-refractivity contribution >= 4 is 5.69 Å². The van der Waals surface area contributed by atoms with Crippen molar-refractivity contribution in [1.29, 1.82) is 0 Å². The minimum atomic E-state index is 0.932. The minimum Gasteiger partial charge on any atom is -0.398 e. The van der Waals surface area contributed by atoms with E-state index in [1.807, 2.05) is 0 Å². The maximum atomic E-state index is 6.41. The molecular formula is C20H27N. The van der Waals surface area contributed by atoms with E-state index in [2.05, 4.69) is 58.0 Å². The molecule has 112 valence electrons. The molecule has 1 nitrogen and oxygen atoms in total. The number of rotatable bonds is 5. The highest BCUT2D eigenvalue weighted by Crippen LogP contribution is 2.36. The van der Waals surface area contributed by atoms with Crippen molar-refractivity contribution in [2.75, 3.05) is 5.73 Å². The van der Waals surface area contributed by atoms with Crippen LogP contribution in [0.2, 0.25) is 0 Å². The van der Waals surface area contributed by atoms with E-state index in [9.17, 15) is 0 Å². The summed E-state index contributed by atoms with van der Waals surface area (Å²) >= 11 is 0. The summed E-state index contributed by atoms with van der Waals surface area (Å²) in [6.45, 7) is 8.73. The number of hydrogen-bond acceptors (Lipinski definition) is 1. The Labute approximate surface area is 129 Å². The van der Waals surface area contributed by atoms with Crippen molar-refractivity contribution in [2.45, 2.75) is 53.4 Å². The molecule has 0 atom stereocenters. The Morgan fingerprint density at radius 1 is 0.905 bits per heavy atom. The highest BCUT2D eigenvalue weighted by Gasteiger charge is 2.14. The van der Waals surface area contributed by atoms with Gasteiger partial charge in [-0.3, -0.25) is 0 Å². The highest BCUT2D eigenvalue weighted by atomic mass is 14.6. The van der Waals surface area contributed by atoms with E-state index >= 15 is 0 Å². The van der Waals surface area contributed by atoms with E-state index in [1.54, 1.807) is 0 Å².